The third-order valence-electron chi connectivity index (χ3n) is 5.69. The first-order valence-electron chi connectivity index (χ1n) is 10.7. The maximum absolute atomic E-state index is 14.5. The fourth-order valence-electron chi connectivity index (χ4n) is 3.98. The fourth-order valence-corrected chi connectivity index (χ4v) is 3.98. The van der Waals surface area contributed by atoms with E-state index in [4.69, 9.17) is 0 Å². The first-order chi connectivity index (χ1) is 15.9. The minimum Gasteiger partial charge on any atom is -0.365 e. The number of nitrogens with zero attached hydrogens (tertiary/aromatic N) is 4. The predicted octanol–water partition coefficient (Wildman–Crippen LogP) is 1.82. The number of aryl methyl sites for hydroxylation is 1. The van der Waals surface area contributed by atoms with Crippen LogP contribution in [0.15, 0.2) is 29.1 Å². The number of fused-ring (bicyclic) bond motifs is 1. The number of aromatic nitrogens is 3. The van der Waals surface area contributed by atoms with Crippen LogP contribution in [0, 0.1) is 24.7 Å². The standard InChI is InChI=1S/C24H25FN6O2/c1-4-5-17-12-16(13-19-21(17)27-15(2)23(32)29-19)14-30-8-10-31(11-9-30)20-7-6-18(24(33)26-3)28-22(20)25/h6-7,12-13H,8-11,14H2,1-3H3,(H,26,33)(H,29,32). The SMILES string of the molecule is CC#Cc1cc(CN2CCN(c3ccc(C(=O)NC)nc3F)CC2)cc2[nH]c(=O)c(C)nc12. The number of aromatic amines is 1. The molecule has 1 amide bonds. The molecule has 3 aromatic rings. The zero-order valence-corrected chi connectivity index (χ0v) is 18.8. The van der Waals surface area contributed by atoms with Gasteiger partial charge in [-0.2, -0.15) is 4.39 Å². The van der Waals surface area contributed by atoms with E-state index in [1.54, 1.807) is 19.9 Å². The summed E-state index contributed by atoms with van der Waals surface area (Å²) in [4.78, 5) is 39.0. The minimum absolute atomic E-state index is 0.0578. The molecule has 2 N–H and O–H groups in total. The van der Waals surface area contributed by atoms with Gasteiger partial charge in [-0.1, -0.05) is 5.92 Å². The molecule has 0 atom stereocenters. The van der Waals surface area contributed by atoms with Crippen LogP contribution in [0.1, 0.15) is 34.2 Å². The Kier molecular flexibility index (Phi) is 6.38. The van der Waals surface area contributed by atoms with E-state index in [0.717, 1.165) is 24.2 Å². The maximum Gasteiger partial charge on any atom is 0.269 e. The smallest absolute Gasteiger partial charge is 0.269 e. The summed E-state index contributed by atoms with van der Waals surface area (Å²) in [6.45, 7) is 6.84. The molecular weight excluding hydrogens is 423 g/mol. The molecule has 1 aliphatic rings. The summed E-state index contributed by atoms with van der Waals surface area (Å²) in [5.74, 6) is 4.94. The highest BCUT2D eigenvalue weighted by atomic mass is 19.1. The number of piperazine rings is 1. The molecule has 1 aliphatic heterocycles. The van der Waals surface area contributed by atoms with Gasteiger partial charge in [0.2, 0.25) is 5.95 Å². The van der Waals surface area contributed by atoms with Gasteiger partial charge >= 0.3 is 0 Å². The van der Waals surface area contributed by atoms with Crippen LogP contribution < -0.4 is 15.8 Å². The van der Waals surface area contributed by atoms with Crippen LogP contribution in [0.25, 0.3) is 11.0 Å². The summed E-state index contributed by atoms with van der Waals surface area (Å²) in [6.07, 6.45) is 0. The molecule has 0 saturated carbocycles. The van der Waals surface area contributed by atoms with Crippen LogP contribution in [0.2, 0.25) is 0 Å². The average Bonchev–Trinajstić information content (AvgIpc) is 2.80. The largest absolute Gasteiger partial charge is 0.365 e. The number of carbonyl (C=O) groups is 1. The molecule has 0 bridgehead atoms. The number of benzene rings is 1. The highest BCUT2D eigenvalue weighted by Crippen LogP contribution is 2.22. The second-order valence-corrected chi connectivity index (χ2v) is 7.91. The Labute approximate surface area is 190 Å². The second kappa shape index (κ2) is 9.38. The lowest BCUT2D eigenvalue weighted by Crippen LogP contribution is -2.46. The lowest BCUT2D eigenvalue weighted by molar-refractivity contribution is 0.0957. The summed E-state index contributed by atoms with van der Waals surface area (Å²) in [5.41, 5.74) is 3.83. The van der Waals surface area contributed by atoms with Crippen LogP contribution in [0.3, 0.4) is 0 Å². The van der Waals surface area contributed by atoms with E-state index in [9.17, 15) is 14.0 Å². The van der Waals surface area contributed by atoms with Crippen molar-refractivity contribution < 1.29 is 9.18 Å². The molecule has 1 aromatic carbocycles. The van der Waals surface area contributed by atoms with Gasteiger partial charge in [0.25, 0.3) is 11.5 Å². The highest BCUT2D eigenvalue weighted by molar-refractivity contribution is 5.92. The van der Waals surface area contributed by atoms with Crippen LogP contribution >= 0.6 is 0 Å². The molecular formula is C24H25FN6O2. The second-order valence-electron chi connectivity index (χ2n) is 7.91. The molecule has 1 saturated heterocycles. The number of carbonyl (C=O) groups excluding carboxylic acids is 1. The van der Waals surface area contributed by atoms with Crippen molar-refractivity contribution >= 4 is 22.6 Å². The van der Waals surface area contributed by atoms with Crippen molar-refractivity contribution in [1.82, 2.24) is 25.2 Å². The zero-order valence-electron chi connectivity index (χ0n) is 18.8. The predicted molar refractivity (Wildman–Crippen MR) is 125 cm³/mol. The Balaban J connectivity index is 1.49. The van der Waals surface area contributed by atoms with Gasteiger partial charge in [-0.3, -0.25) is 14.5 Å². The van der Waals surface area contributed by atoms with Crippen molar-refractivity contribution in [2.45, 2.75) is 20.4 Å². The van der Waals surface area contributed by atoms with E-state index in [2.05, 4.69) is 37.0 Å². The number of amides is 1. The van der Waals surface area contributed by atoms with Gasteiger partial charge in [-0.05, 0) is 43.7 Å². The van der Waals surface area contributed by atoms with Gasteiger partial charge in [-0.15, -0.1) is 5.92 Å². The third kappa shape index (κ3) is 4.71. The van der Waals surface area contributed by atoms with E-state index in [1.165, 1.54) is 13.1 Å². The van der Waals surface area contributed by atoms with Gasteiger partial charge in [-0.25, -0.2) is 9.97 Å². The van der Waals surface area contributed by atoms with E-state index in [-0.39, 0.29) is 11.3 Å². The van der Waals surface area contributed by atoms with E-state index >= 15 is 0 Å². The van der Waals surface area contributed by atoms with Crippen molar-refractivity contribution in [1.29, 1.82) is 0 Å². The molecule has 2 aromatic heterocycles. The topological polar surface area (TPSA) is 94.2 Å². The van der Waals surface area contributed by atoms with Gasteiger partial charge in [0.15, 0.2) is 0 Å². The summed E-state index contributed by atoms with van der Waals surface area (Å²) < 4.78 is 14.5. The van der Waals surface area contributed by atoms with E-state index in [0.29, 0.717) is 42.0 Å². The lowest BCUT2D eigenvalue weighted by Gasteiger charge is -2.36. The first kappa shape index (κ1) is 22.4. The molecule has 3 heterocycles. The van der Waals surface area contributed by atoms with Crippen molar-refractivity contribution in [2.75, 3.05) is 38.1 Å². The Hall–Kier alpha value is -3.77. The summed E-state index contributed by atoms with van der Waals surface area (Å²) in [5, 5.41) is 2.44. The molecule has 170 valence electrons. The molecule has 0 aliphatic carbocycles. The number of hydrogen-bond donors (Lipinski definition) is 2. The number of halogens is 1. The number of pyridine rings is 1. The third-order valence-corrected chi connectivity index (χ3v) is 5.69. The Morgan fingerprint density at radius 3 is 2.64 bits per heavy atom. The molecule has 0 unspecified atom stereocenters. The first-order valence-corrected chi connectivity index (χ1v) is 10.7. The normalized spacial score (nSPS) is 14.1. The molecule has 8 nitrogen and oxygen atoms in total. The van der Waals surface area contributed by atoms with Gasteiger partial charge in [0.1, 0.15) is 16.9 Å². The molecule has 1 fully saturated rings. The van der Waals surface area contributed by atoms with E-state index in [1.807, 2.05) is 17.0 Å². The molecule has 4 rings (SSSR count). The quantitative estimate of drug-likeness (QED) is 0.467. The zero-order chi connectivity index (χ0) is 23.5. The van der Waals surface area contributed by atoms with Crippen LogP contribution in [-0.4, -0.2) is 59.0 Å². The number of anilines is 1. The van der Waals surface area contributed by atoms with Crippen LogP contribution in [-0.2, 0) is 6.54 Å². The minimum atomic E-state index is -0.645. The molecule has 0 radical (unpaired) electrons. The number of nitrogens with one attached hydrogen (secondary N) is 2. The Morgan fingerprint density at radius 1 is 1.21 bits per heavy atom. The van der Waals surface area contributed by atoms with Gasteiger partial charge in [0, 0.05) is 39.8 Å². The van der Waals surface area contributed by atoms with Crippen molar-refractivity contribution in [3.05, 3.63) is 63.1 Å². The number of rotatable bonds is 4. The van der Waals surface area contributed by atoms with E-state index < -0.39 is 11.9 Å². The lowest BCUT2D eigenvalue weighted by atomic mass is 10.1. The summed E-state index contributed by atoms with van der Waals surface area (Å²) in [6, 6.07) is 7.09. The van der Waals surface area contributed by atoms with Crippen LogP contribution in [0.4, 0.5) is 10.1 Å². The highest BCUT2D eigenvalue weighted by Gasteiger charge is 2.21. The number of H-pyrrole nitrogens is 1. The van der Waals surface area contributed by atoms with Gasteiger partial charge in [0.05, 0.1) is 16.8 Å². The Morgan fingerprint density at radius 2 is 1.97 bits per heavy atom. The maximum atomic E-state index is 14.5. The van der Waals surface area contributed by atoms with Crippen molar-refractivity contribution in [3.63, 3.8) is 0 Å². The van der Waals surface area contributed by atoms with Crippen molar-refractivity contribution in [2.24, 2.45) is 0 Å². The fraction of sp³-hybridized carbons (Fsp3) is 0.333. The number of hydrogen-bond acceptors (Lipinski definition) is 6. The summed E-state index contributed by atoms with van der Waals surface area (Å²) >= 11 is 0. The Bertz CT molecular complexity index is 1330. The molecule has 9 heteroatoms. The molecule has 33 heavy (non-hydrogen) atoms. The monoisotopic (exact) mass is 448 g/mol. The average molecular weight is 449 g/mol. The van der Waals surface area contributed by atoms with Gasteiger partial charge < -0.3 is 15.2 Å². The summed E-state index contributed by atoms with van der Waals surface area (Å²) in [7, 11) is 1.48. The van der Waals surface area contributed by atoms with Crippen molar-refractivity contribution in [3.8, 4) is 11.8 Å². The van der Waals surface area contributed by atoms with Crippen LogP contribution in [0.5, 0.6) is 0 Å². The molecule has 0 spiro atoms.